The molecule has 1 aromatic rings. The fourth-order valence-corrected chi connectivity index (χ4v) is 2.62. The van der Waals surface area contributed by atoms with Crippen LogP contribution in [0.1, 0.15) is 24.8 Å². The average molecular weight is 227 g/mol. The number of thioether (sulfide) groups is 1. The van der Waals surface area contributed by atoms with Gasteiger partial charge in [-0.1, -0.05) is 25.0 Å². The second-order valence-corrected chi connectivity index (χ2v) is 5.29. The van der Waals surface area contributed by atoms with E-state index >= 15 is 0 Å². The van der Waals surface area contributed by atoms with Crippen LogP contribution in [0.5, 0.6) is 0 Å². The first-order valence-electron chi connectivity index (χ1n) is 5.16. The molecule has 1 aliphatic rings. The summed E-state index contributed by atoms with van der Waals surface area (Å²) >= 11 is 7.69. The number of hydrogen-bond acceptors (Lipinski definition) is 1. The molecule has 0 amide bonds. The zero-order valence-corrected chi connectivity index (χ0v) is 9.78. The Morgan fingerprint density at radius 1 is 1.21 bits per heavy atom. The minimum atomic E-state index is 0.618. The maximum absolute atomic E-state index is 5.73. The molecule has 0 aliphatic heterocycles. The second-order valence-electron chi connectivity index (χ2n) is 3.86. The van der Waals surface area contributed by atoms with Gasteiger partial charge in [0.15, 0.2) is 0 Å². The van der Waals surface area contributed by atoms with Crippen LogP contribution in [0.2, 0.25) is 0 Å². The van der Waals surface area contributed by atoms with E-state index in [1.807, 2.05) is 11.8 Å². The van der Waals surface area contributed by atoms with Crippen LogP contribution >= 0.6 is 23.4 Å². The van der Waals surface area contributed by atoms with Gasteiger partial charge in [-0.05, 0) is 35.8 Å². The van der Waals surface area contributed by atoms with E-state index in [0.29, 0.717) is 5.88 Å². The summed E-state index contributed by atoms with van der Waals surface area (Å²) in [6.45, 7) is 0. The van der Waals surface area contributed by atoms with Gasteiger partial charge in [-0.2, -0.15) is 0 Å². The lowest BCUT2D eigenvalue weighted by Gasteiger charge is -2.01. The largest absolute Gasteiger partial charge is 0.126 e. The van der Waals surface area contributed by atoms with Crippen LogP contribution in [0, 0.1) is 5.92 Å². The van der Waals surface area contributed by atoms with Crippen molar-refractivity contribution < 1.29 is 0 Å². The molecule has 0 radical (unpaired) electrons. The van der Waals surface area contributed by atoms with Crippen molar-refractivity contribution >= 4 is 23.4 Å². The molecule has 1 fully saturated rings. The van der Waals surface area contributed by atoms with Gasteiger partial charge in [-0.25, -0.2) is 0 Å². The van der Waals surface area contributed by atoms with Crippen molar-refractivity contribution in [3.05, 3.63) is 29.8 Å². The monoisotopic (exact) mass is 226 g/mol. The Balaban J connectivity index is 1.77. The van der Waals surface area contributed by atoms with E-state index in [1.165, 1.54) is 35.5 Å². The Bertz CT molecular complexity index is 277. The molecule has 0 bridgehead atoms. The molecule has 1 aromatic carbocycles. The lowest BCUT2D eigenvalue weighted by atomic mass is 10.2. The zero-order chi connectivity index (χ0) is 9.80. The van der Waals surface area contributed by atoms with E-state index in [2.05, 4.69) is 24.3 Å². The number of halogens is 1. The van der Waals surface area contributed by atoms with Crippen molar-refractivity contribution in [2.24, 2.45) is 5.92 Å². The van der Waals surface area contributed by atoms with E-state index in [4.69, 9.17) is 11.6 Å². The fraction of sp³-hybridized carbons (Fsp3) is 0.500. The third kappa shape index (κ3) is 3.21. The van der Waals surface area contributed by atoms with Crippen molar-refractivity contribution in [3.8, 4) is 0 Å². The molecule has 1 saturated carbocycles. The molecular formula is C12H15ClS. The van der Waals surface area contributed by atoms with Crippen LogP contribution in [0.4, 0.5) is 0 Å². The summed E-state index contributed by atoms with van der Waals surface area (Å²) in [4.78, 5) is 1.37. The van der Waals surface area contributed by atoms with Gasteiger partial charge in [-0.15, -0.1) is 23.4 Å². The lowest BCUT2D eigenvalue weighted by Crippen LogP contribution is -1.82. The van der Waals surface area contributed by atoms with Gasteiger partial charge in [0.05, 0.1) is 0 Å². The van der Waals surface area contributed by atoms with Crippen LogP contribution in [0.3, 0.4) is 0 Å². The van der Waals surface area contributed by atoms with Crippen LogP contribution in [0.15, 0.2) is 29.2 Å². The molecule has 0 unspecified atom stereocenters. The molecule has 0 aromatic heterocycles. The Hall–Kier alpha value is -0.140. The number of rotatable bonds is 5. The Morgan fingerprint density at radius 3 is 2.50 bits per heavy atom. The minimum Gasteiger partial charge on any atom is -0.126 e. The maximum Gasteiger partial charge on any atom is 0.0474 e. The van der Waals surface area contributed by atoms with Gasteiger partial charge >= 0.3 is 0 Å². The molecule has 0 nitrogen and oxygen atoms in total. The molecule has 2 rings (SSSR count). The highest BCUT2D eigenvalue weighted by molar-refractivity contribution is 7.99. The third-order valence-corrected chi connectivity index (χ3v) is 3.92. The standard InChI is InChI=1S/C12H15ClS/c13-9-11-3-5-12(6-4-11)14-8-7-10-1-2-10/h3-6,10H,1-2,7-9H2. The highest BCUT2D eigenvalue weighted by atomic mass is 35.5. The van der Waals surface area contributed by atoms with Crippen molar-refractivity contribution in [1.82, 2.24) is 0 Å². The maximum atomic E-state index is 5.73. The van der Waals surface area contributed by atoms with Gasteiger partial charge in [0.25, 0.3) is 0 Å². The molecule has 0 heterocycles. The third-order valence-electron chi connectivity index (χ3n) is 2.57. The van der Waals surface area contributed by atoms with Crippen LogP contribution in [0.25, 0.3) is 0 Å². The normalized spacial score (nSPS) is 15.8. The summed E-state index contributed by atoms with van der Waals surface area (Å²) in [6, 6.07) is 8.59. The Labute approximate surface area is 95.0 Å². The predicted octanol–water partition coefficient (Wildman–Crippen LogP) is 4.32. The first-order valence-corrected chi connectivity index (χ1v) is 6.68. The topological polar surface area (TPSA) is 0 Å². The number of benzene rings is 1. The van der Waals surface area contributed by atoms with E-state index in [9.17, 15) is 0 Å². The fourth-order valence-electron chi connectivity index (χ4n) is 1.42. The van der Waals surface area contributed by atoms with Crippen molar-refractivity contribution in [2.75, 3.05) is 5.75 Å². The smallest absolute Gasteiger partial charge is 0.0474 e. The van der Waals surface area contributed by atoms with E-state index in [-0.39, 0.29) is 0 Å². The van der Waals surface area contributed by atoms with Crippen LogP contribution in [-0.4, -0.2) is 5.75 Å². The summed E-state index contributed by atoms with van der Waals surface area (Å²) in [5.41, 5.74) is 1.21. The Morgan fingerprint density at radius 2 is 1.93 bits per heavy atom. The SMILES string of the molecule is ClCc1ccc(SCCC2CC2)cc1. The quantitative estimate of drug-likeness (QED) is 0.532. The highest BCUT2D eigenvalue weighted by Gasteiger charge is 2.20. The highest BCUT2D eigenvalue weighted by Crippen LogP contribution is 2.34. The van der Waals surface area contributed by atoms with Crippen molar-refractivity contribution in [2.45, 2.75) is 30.0 Å². The van der Waals surface area contributed by atoms with Crippen LogP contribution < -0.4 is 0 Å². The molecule has 1 aliphatic carbocycles. The first kappa shape index (κ1) is 10.4. The van der Waals surface area contributed by atoms with Crippen molar-refractivity contribution in [3.63, 3.8) is 0 Å². The molecule has 14 heavy (non-hydrogen) atoms. The number of alkyl halides is 1. The van der Waals surface area contributed by atoms with E-state index in [0.717, 1.165) is 5.92 Å². The molecule has 0 N–H and O–H groups in total. The van der Waals surface area contributed by atoms with Crippen LogP contribution in [-0.2, 0) is 5.88 Å². The summed E-state index contributed by atoms with van der Waals surface area (Å²) in [7, 11) is 0. The predicted molar refractivity (Wildman–Crippen MR) is 64.1 cm³/mol. The van der Waals surface area contributed by atoms with Crippen molar-refractivity contribution in [1.29, 1.82) is 0 Å². The van der Waals surface area contributed by atoms with Gasteiger partial charge in [0, 0.05) is 10.8 Å². The molecule has 0 saturated heterocycles. The van der Waals surface area contributed by atoms with Gasteiger partial charge in [-0.3, -0.25) is 0 Å². The molecule has 0 spiro atoms. The van der Waals surface area contributed by atoms with Gasteiger partial charge in [0.2, 0.25) is 0 Å². The van der Waals surface area contributed by atoms with E-state index in [1.54, 1.807) is 0 Å². The minimum absolute atomic E-state index is 0.618. The second kappa shape index (κ2) is 5.09. The lowest BCUT2D eigenvalue weighted by molar-refractivity contribution is 0.809. The average Bonchev–Trinajstić information content (AvgIpc) is 3.03. The first-order chi connectivity index (χ1) is 6.88. The molecule has 2 heteroatoms. The number of hydrogen-bond donors (Lipinski definition) is 0. The van der Waals surface area contributed by atoms with Gasteiger partial charge in [0.1, 0.15) is 0 Å². The summed E-state index contributed by atoms with van der Waals surface area (Å²) in [5.74, 6) is 2.93. The molecular weight excluding hydrogens is 212 g/mol. The summed E-state index contributed by atoms with van der Waals surface area (Å²) < 4.78 is 0. The molecule has 0 atom stereocenters. The zero-order valence-electron chi connectivity index (χ0n) is 8.21. The Kier molecular flexibility index (Phi) is 3.77. The molecule has 76 valence electrons. The van der Waals surface area contributed by atoms with E-state index < -0.39 is 0 Å². The van der Waals surface area contributed by atoms with Gasteiger partial charge < -0.3 is 0 Å². The summed E-state index contributed by atoms with van der Waals surface area (Å²) in [6.07, 6.45) is 4.32. The summed E-state index contributed by atoms with van der Waals surface area (Å²) in [5, 5.41) is 0.